The van der Waals surface area contributed by atoms with Gasteiger partial charge in [0.15, 0.2) is 0 Å². The lowest BCUT2D eigenvalue weighted by atomic mass is 10.3. The van der Waals surface area contributed by atoms with Crippen LogP contribution in [0.1, 0.15) is 5.82 Å². The van der Waals surface area contributed by atoms with Crippen molar-refractivity contribution in [3.05, 3.63) is 58.2 Å². The largest absolute Gasteiger partial charge is 0.340 e. The van der Waals surface area contributed by atoms with Gasteiger partial charge in [-0.3, -0.25) is 9.36 Å². The lowest BCUT2D eigenvalue weighted by molar-refractivity contribution is 0.718. The Hall–Kier alpha value is -2.47. The van der Waals surface area contributed by atoms with Crippen LogP contribution in [-0.2, 0) is 6.54 Å². The summed E-state index contributed by atoms with van der Waals surface area (Å²) in [6, 6.07) is 9.62. The molecule has 0 bridgehead atoms. The van der Waals surface area contributed by atoms with Crippen molar-refractivity contribution in [3.8, 4) is 0 Å². The van der Waals surface area contributed by atoms with E-state index in [1.165, 1.54) is 11.3 Å². The predicted octanol–water partition coefficient (Wildman–Crippen LogP) is 2.38. The number of aromatic amines is 1. The fraction of sp³-hybridized carbons (Fsp3) is 0.0714. The average Bonchev–Trinajstić information content (AvgIpc) is 3.08. The van der Waals surface area contributed by atoms with E-state index in [-0.39, 0.29) is 5.56 Å². The molecule has 20 heavy (non-hydrogen) atoms. The maximum atomic E-state index is 12.3. The standard InChI is InChI=1S/C14H10N4OS/c19-14-9-5-6-20-13(9)15-8-18(14)7-12-16-10-3-1-2-4-11(10)17-12/h1-6,8H,7H2,(H,16,17). The van der Waals surface area contributed by atoms with Crippen molar-refractivity contribution in [2.24, 2.45) is 0 Å². The van der Waals surface area contributed by atoms with Crippen LogP contribution in [-0.4, -0.2) is 19.5 Å². The molecule has 1 aromatic carbocycles. The first-order valence-corrected chi connectivity index (χ1v) is 7.05. The van der Waals surface area contributed by atoms with Crippen molar-refractivity contribution in [1.29, 1.82) is 0 Å². The van der Waals surface area contributed by atoms with Crippen molar-refractivity contribution in [3.63, 3.8) is 0 Å². The number of thiophene rings is 1. The van der Waals surface area contributed by atoms with Crippen LogP contribution in [0.3, 0.4) is 0 Å². The SMILES string of the molecule is O=c1c2ccsc2ncn1Cc1nc2ccccc2[nH]1. The zero-order valence-electron chi connectivity index (χ0n) is 10.4. The second-order valence-corrected chi connectivity index (χ2v) is 5.41. The van der Waals surface area contributed by atoms with Crippen LogP contribution < -0.4 is 5.56 Å². The number of imidazole rings is 1. The minimum atomic E-state index is -0.0308. The summed E-state index contributed by atoms with van der Waals surface area (Å²) in [5, 5.41) is 2.54. The molecule has 0 amide bonds. The Morgan fingerprint density at radius 2 is 2.15 bits per heavy atom. The van der Waals surface area contributed by atoms with Gasteiger partial charge in [0, 0.05) is 0 Å². The van der Waals surface area contributed by atoms with Crippen LogP contribution in [0.15, 0.2) is 46.8 Å². The van der Waals surface area contributed by atoms with E-state index in [0.29, 0.717) is 11.9 Å². The van der Waals surface area contributed by atoms with Gasteiger partial charge in [-0.05, 0) is 23.6 Å². The molecular weight excluding hydrogens is 272 g/mol. The zero-order valence-corrected chi connectivity index (χ0v) is 11.2. The molecule has 0 atom stereocenters. The molecule has 3 aromatic heterocycles. The second-order valence-electron chi connectivity index (χ2n) is 4.52. The van der Waals surface area contributed by atoms with E-state index in [4.69, 9.17) is 0 Å². The molecule has 0 fully saturated rings. The van der Waals surface area contributed by atoms with Gasteiger partial charge in [-0.2, -0.15) is 0 Å². The Morgan fingerprint density at radius 1 is 1.25 bits per heavy atom. The number of aromatic nitrogens is 4. The molecule has 5 nitrogen and oxygen atoms in total. The number of fused-ring (bicyclic) bond motifs is 2. The third-order valence-corrected chi connectivity index (χ3v) is 4.03. The molecule has 98 valence electrons. The second kappa shape index (κ2) is 4.28. The Labute approximate surface area is 117 Å². The number of benzene rings is 1. The Bertz CT molecular complexity index is 933. The fourth-order valence-electron chi connectivity index (χ4n) is 2.25. The quantitative estimate of drug-likeness (QED) is 0.614. The van der Waals surface area contributed by atoms with Gasteiger partial charge in [0.05, 0.1) is 29.3 Å². The Kier molecular flexibility index (Phi) is 2.43. The monoisotopic (exact) mass is 282 g/mol. The van der Waals surface area contributed by atoms with E-state index in [2.05, 4.69) is 15.0 Å². The van der Waals surface area contributed by atoms with Gasteiger partial charge in [-0.15, -0.1) is 11.3 Å². The van der Waals surface area contributed by atoms with Gasteiger partial charge in [0.1, 0.15) is 10.7 Å². The molecule has 6 heteroatoms. The van der Waals surface area contributed by atoms with Crippen molar-refractivity contribution in [2.45, 2.75) is 6.54 Å². The summed E-state index contributed by atoms with van der Waals surface area (Å²) in [5.74, 6) is 0.754. The van der Waals surface area contributed by atoms with Crippen LogP contribution in [0.25, 0.3) is 21.3 Å². The van der Waals surface area contributed by atoms with Gasteiger partial charge in [0.25, 0.3) is 5.56 Å². The van der Waals surface area contributed by atoms with E-state index in [9.17, 15) is 4.79 Å². The average molecular weight is 282 g/mol. The van der Waals surface area contributed by atoms with Gasteiger partial charge in [-0.1, -0.05) is 12.1 Å². The summed E-state index contributed by atoms with van der Waals surface area (Å²) in [7, 11) is 0. The van der Waals surface area contributed by atoms with Crippen molar-refractivity contribution in [1.82, 2.24) is 19.5 Å². The summed E-state index contributed by atoms with van der Waals surface area (Å²) >= 11 is 1.47. The van der Waals surface area contributed by atoms with E-state index in [1.54, 1.807) is 10.9 Å². The molecule has 0 aliphatic heterocycles. The van der Waals surface area contributed by atoms with Crippen LogP contribution in [0, 0.1) is 0 Å². The molecule has 4 rings (SSSR count). The highest BCUT2D eigenvalue weighted by atomic mass is 32.1. The van der Waals surface area contributed by atoms with Gasteiger partial charge in [-0.25, -0.2) is 9.97 Å². The first kappa shape index (κ1) is 11.4. The van der Waals surface area contributed by atoms with E-state index < -0.39 is 0 Å². The van der Waals surface area contributed by atoms with Crippen LogP contribution >= 0.6 is 11.3 Å². The Morgan fingerprint density at radius 3 is 3.05 bits per heavy atom. The summed E-state index contributed by atoms with van der Waals surface area (Å²) < 4.78 is 1.58. The molecule has 0 saturated carbocycles. The lowest BCUT2D eigenvalue weighted by Gasteiger charge is -2.02. The third-order valence-electron chi connectivity index (χ3n) is 3.21. The van der Waals surface area contributed by atoms with Crippen molar-refractivity contribution < 1.29 is 0 Å². The molecule has 3 heterocycles. The first-order valence-electron chi connectivity index (χ1n) is 6.17. The van der Waals surface area contributed by atoms with Crippen LogP contribution in [0.5, 0.6) is 0 Å². The molecule has 0 radical (unpaired) electrons. The van der Waals surface area contributed by atoms with Crippen LogP contribution in [0.2, 0.25) is 0 Å². The summed E-state index contributed by atoms with van der Waals surface area (Å²) in [5.41, 5.74) is 1.84. The molecular formula is C14H10N4OS. The highest BCUT2D eigenvalue weighted by molar-refractivity contribution is 7.16. The highest BCUT2D eigenvalue weighted by Crippen LogP contribution is 2.14. The van der Waals surface area contributed by atoms with Gasteiger partial charge < -0.3 is 4.98 Å². The maximum Gasteiger partial charge on any atom is 0.262 e. The number of para-hydroxylation sites is 2. The predicted molar refractivity (Wildman–Crippen MR) is 79.1 cm³/mol. The van der Waals surface area contributed by atoms with Gasteiger partial charge in [0.2, 0.25) is 0 Å². The molecule has 0 aliphatic carbocycles. The fourth-order valence-corrected chi connectivity index (χ4v) is 2.97. The minimum Gasteiger partial charge on any atom is -0.340 e. The molecule has 0 unspecified atom stereocenters. The lowest BCUT2D eigenvalue weighted by Crippen LogP contribution is -2.20. The summed E-state index contributed by atoms with van der Waals surface area (Å²) in [4.78, 5) is 25.1. The van der Waals surface area contributed by atoms with Crippen molar-refractivity contribution >= 4 is 32.6 Å². The normalized spacial score (nSPS) is 11.4. The van der Waals surface area contributed by atoms with E-state index in [0.717, 1.165) is 21.7 Å². The van der Waals surface area contributed by atoms with Crippen molar-refractivity contribution in [2.75, 3.05) is 0 Å². The van der Waals surface area contributed by atoms with Crippen LogP contribution in [0.4, 0.5) is 0 Å². The number of nitrogens with one attached hydrogen (secondary N) is 1. The zero-order chi connectivity index (χ0) is 13.5. The third kappa shape index (κ3) is 1.73. The number of H-pyrrole nitrogens is 1. The smallest absolute Gasteiger partial charge is 0.262 e. The molecule has 0 spiro atoms. The summed E-state index contributed by atoms with van der Waals surface area (Å²) in [6.07, 6.45) is 1.58. The van der Waals surface area contributed by atoms with E-state index in [1.807, 2.05) is 35.7 Å². The highest BCUT2D eigenvalue weighted by Gasteiger charge is 2.07. The molecule has 4 aromatic rings. The Balaban J connectivity index is 1.80. The van der Waals surface area contributed by atoms with E-state index >= 15 is 0 Å². The molecule has 0 aliphatic rings. The first-order chi connectivity index (χ1) is 9.81. The topological polar surface area (TPSA) is 63.6 Å². The summed E-state index contributed by atoms with van der Waals surface area (Å²) in [6.45, 7) is 0.395. The maximum absolute atomic E-state index is 12.3. The molecule has 1 N–H and O–H groups in total. The number of hydrogen-bond acceptors (Lipinski definition) is 4. The number of nitrogens with zero attached hydrogens (tertiary/aromatic N) is 3. The number of hydrogen-bond donors (Lipinski definition) is 1. The van der Waals surface area contributed by atoms with Gasteiger partial charge >= 0.3 is 0 Å². The minimum absolute atomic E-state index is 0.0308. The number of rotatable bonds is 2. The molecule has 0 saturated heterocycles.